The molecule has 0 aromatic carbocycles. The Morgan fingerprint density at radius 1 is 1.42 bits per heavy atom. The minimum absolute atomic E-state index is 0.0984. The van der Waals surface area contributed by atoms with Crippen LogP contribution in [-0.2, 0) is 28.6 Å². The average molecular weight is 360 g/mol. The Kier molecular flexibility index (Phi) is 4.54. The van der Waals surface area contributed by atoms with Crippen molar-refractivity contribution < 1.29 is 28.6 Å². The maximum Gasteiger partial charge on any atom is 0.334 e. The van der Waals surface area contributed by atoms with Gasteiger partial charge in [0.05, 0.1) is 5.92 Å². The average Bonchev–Trinajstić information content (AvgIpc) is 3.03. The highest BCUT2D eigenvalue weighted by Gasteiger charge is 2.53. The van der Waals surface area contributed by atoms with Gasteiger partial charge in [-0.1, -0.05) is 19.6 Å². The van der Waals surface area contributed by atoms with E-state index in [9.17, 15) is 14.4 Å². The molecule has 0 radical (unpaired) electrons. The van der Waals surface area contributed by atoms with Gasteiger partial charge in [0, 0.05) is 29.6 Å². The summed E-state index contributed by atoms with van der Waals surface area (Å²) in [4.78, 5) is 37.0. The van der Waals surface area contributed by atoms with Crippen LogP contribution in [0.1, 0.15) is 40.5 Å². The molecule has 0 unspecified atom stereocenters. The highest BCUT2D eigenvalue weighted by molar-refractivity contribution is 5.99. The number of carbonyl (C=O) groups is 3. The molecule has 26 heavy (non-hydrogen) atoms. The van der Waals surface area contributed by atoms with Gasteiger partial charge in [-0.05, 0) is 27.2 Å². The molecule has 6 heteroatoms. The van der Waals surface area contributed by atoms with Crippen molar-refractivity contribution in [2.24, 2.45) is 11.8 Å². The summed E-state index contributed by atoms with van der Waals surface area (Å²) in [5.74, 6) is -1.13. The van der Waals surface area contributed by atoms with Gasteiger partial charge in [0.25, 0.3) is 0 Å². The van der Waals surface area contributed by atoms with E-state index in [0.717, 1.165) is 0 Å². The van der Waals surface area contributed by atoms with E-state index in [1.807, 2.05) is 6.92 Å². The van der Waals surface area contributed by atoms with E-state index in [-0.39, 0.29) is 23.7 Å². The van der Waals surface area contributed by atoms with E-state index in [4.69, 9.17) is 14.2 Å². The summed E-state index contributed by atoms with van der Waals surface area (Å²) in [5.41, 5.74) is -0.395. The smallest absolute Gasteiger partial charge is 0.334 e. The number of fused-ring (bicyclic) bond motifs is 3. The third-order valence-electron chi connectivity index (χ3n) is 5.54. The Labute approximate surface area is 152 Å². The highest BCUT2D eigenvalue weighted by Crippen LogP contribution is 2.44. The Morgan fingerprint density at radius 2 is 2.12 bits per heavy atom. The molecular weight excluding hydrogens is 336 g/mol. The minimum atomic E-state index is -1.13. The van der Waals surface area contributed by atoms with E-state index < -0.39 is 35.7 Å². The SMILES string of the molecule is C=C1C(=O)O[C@@H]2C[C@@H](C)C3=CC(=O)[C@@](C)(C[C@@H](OC(=O)/C(C)=C\C)[C@H]12)O3. The van der Waals surface area contributed by atoms with Crippen LogP contribution in [0.3, 0.4) is 0 Å². The van der Waals surface area contributed by atoms with E-state index in [2.05, 4.69) is 6.58 Å². The molecule has 3 aliphatic rings. The third kappa shape index (κ3) is 2.97. The van der Waals surface area contributed by atoms with Crippen LogP contribution in [-0.4, -0.2) is 35.5 Å². The Bertz CT molecular complexity index is 745. The lowest BCUT2D eigenvalue weighted by Gasteiger charge is -2.31. The van der Waals surface area contributed by atoms with Crippen molar-refractivity contribution in [2.75, 3.05) is 0 Å². The number of hydrogen-bond acceptors (Lipinski definition) is 6. The zero-order valence-electron chi connectivity index (χ0n) is 15.5. The number of ether oxygens (including phenoxy) is 3. The maximum absolute atomic E-state index is 12.5. The summed E-state index contributed by atoms with van der Waals surface area (Å²) in [6.45, 7) is 10.9. The molecule has 0 aromatic rings. The number of allylic oxidation sites excluding steroid dienone is 2. The van der Waals surface area contributed by atoms with Crippen LogP contribution in [0, 0.1) is 11.8 Å². The van der Waals surface area contributed by atoms with Gasteiger partial charge in [-0.2, -0.15) is 0 Å². The van der Waals surface area contributed by atoms with Crippen LogP contribution in [0.2, 0.25) is 0 Å². The normalized spacial score (nSPS) is 37.0. The Hall–Kier alpha value is -2.37. The predicted molar refractivity (Wildman–Crippen MR) is 92.8 cm³/mol. The van der Waals surface area contributed by atoms with Crippen molar-refractivity contribution in [1.29, 1.82) is 0 Å². The van der Waals surface area contributed by atoms with Crippen LogP contribution in [0.15, 0.2) is 35.6 Å². The highest BCUT2D eigenvalue weighted by atomic mass is 16.6. The summed E-state index contributed by atoms with van der Waals surface area (Å²) in [6, 6.07) is 0. The van der Waals surface area contributed by atoms with Gasteiger partial charge < -0.3 is 14.2 Å². The van der Waals surface area contributed by atoms with E-state index >= 15 is 0 Å². The van der Waals surface area contributed by atoms with Crippen molar-refractivity contribution >= 4 is 17.7 Å². The largest absolute Gasteiger partial charge is 0.483 e. The van der Waals surface area contributed by atoms with Crippen molar-refractivity contribution in [3.63, 3.8) is 0 Å². The second-order valence-corrected chi connectivity index (χ2v) is 7.49. The van der Waals surface area contributed by atoms with E-state index in [0.29, 0.717) is 17.8 Å². The minimum Gasteiger partial charge on any atom is -0.483 e. The number of rotatable bonds is 2. The van der Waals surface area contributed by atoms with Crippen LogP contribution < -0.4 is 0 Å². The second kappa shape index (κ2) is 6.41. The molecule has 0 spiro atoms. The lowest BCUT2D eigenvalue weighted by Crippen LogP contribution is -2.43. The lowest BCUT2D eigenvalue weighted by atomic mass is 9.80. The number of esters is 2. The molecule has 0 saturated carbocycles. The van der Waals surface area contributed by atoms with Crippen LogP contribution in [0.25, 0.3) is 0 Å². The molecule has 2 bridgehead atoms. The number of hydrogen-bond donors (Lipinski definition) is 0. The first-order chi connectivity index (χ1) is 12.2. The number of ketones is 1. The summed E-state index contributed by atoms with van der Waals surface area (Å²) < 4.78 is 17.2. The fourth-order valence-electron chi connectivity index (χ4n) is 3.75. The third-order valence-corrected chi connectivity index (χ3v) is 5.54. The van der Waals surface area contributed by atoms with Gasteiger partial charge in [-0.25, -0.2) is 9.59 Å². The molecule has 5 atom stereocenters. The molecular formula is C20H24O6. The molecule has 3 heterocycles. The van der Waals surface area contributed by atoms with Crippen molar-refractivity contribution in [1.82, 2.24) is 0 Å². The lowest BCUT2D eigenvalue weighted by molar-refractivity contribution is -0.153. The predicted octanol–water partition coefficient (Wildman–Crippen LogP) is 2.63. The summed E-state index contributed by atoms with van der Waals surface area (Å²) in [7, 11) is 0. The molecule has 0 aliphatic carbocycles. The molecule has 3 aliphatic heterocycles. The van der Waals surface area contributed by atoms with Crippen LogP contribution in [0.5, 0.6) is 0 Å². The topological polar surface area (TPSA) is 78.9 Å². The first kappa shape index (κ1) is 18.4. The second-order valence-electron chi connectivity index (χ2n) is 7.49. The fourth-order valence-corrected chi connectivity index (χ4v) is 3.75. The van der Waals surface area contributed by atoms with Gasteiger partial charge >= 0.3 is 11.9 Å². The Morgan fingerprint density at radius 3 is 2.77 bits per heavy atom. The zero-order valence-corrected chi connectivity index (χ0v) is 15.5. The fraction of sp³-hybridized carbons (Fsp3) is 0.550. The summed E-state index contributed by atoms with van der Waals surface area (Å²) >= 11 is 0. The van der Waals surface area contributed by atoms with Gasteiger partial charge in [-0.15, -0.1) is 0 Å². The molecule has 140 valence electrons. The molecule has 0 amide bonds. The monoisotopic (exact) mass is 360 g/mol. The van der Waals surface area contributed by atoms with Crippen molar-refractivity contribution in [3.05, 3.63) is 35.6 Å². The van der Waals surface area contributed by atoms with E-state index in [1.54, 1.807) is 26.8 Å². The summed E-state index contributed by atoms with van der Waals surface area (Å²) in [6.07, 6.45) is 2.57. The van der Waals surface area contributed by atoms with Crippen LogP contribution in [0.4, 0.5) is 0 Å². The van der Waals surface area contributed by atoms with Crippen molar-refractivity contribution in [2.45, 2.75) is 58.3 Å². The van der Waals surface area contributed by atoms with Gasteiger partial charge in [0.15, 0.2) is 5.60 Å². The summed E-state index contributed by atoms with van der Waals surface area (Å²) in [5, 5.41) is 0. The van der Waals surface area contributed by atoms with Crippen molar-refractivity contribution in [3.8, 4) is 0 Å². The molecule has 2 saturated heterocycles. The van der Waals surface area contributed by atoms with Gasteiger partial charge in [-0.3, -0.25) is 4.79 Å². The molecule has 6 nitrogen and oxygen atoms in total. The molecule has 0 N–H and O–H groups in total. The standard InChI is InChI=1S/C20H24O6/c1-6-10(2)18(22)25-15-9-20(5)16(21)8-13(26-20)11(3)7-14-17(15)12(4)19(23)24-14/h6,8,11,14-15,17H,4,7,9H2,1-3,5H3/b10-6-/t11-,14-,15-,17-,20-/m1/s1. The van der Waals surface area contributed by atoms with Gasteiger partial charge in [0.2, 0.25) is 5.78 Å². The quantitative estimate of drug-likeness (QED) is 0.556. The first-order valence-corrected chi connectivity index (χ1v) is 8.85. The molecule has 2 fully saturated rings. The molecule has 0 aromatic heterocycles. The maximum atomic E-state index is 12.5. The van der Waals surface area contributed by atoms with Gasteiger partial charge in [0.1, 0.15) is 18.0 Å². The van der Waals surface area contributed by atoms with Crippen LogP contribution >= 0.6 is 0 Å². The first-order valence-electron chi connectivity index (χ1n) is 8.85. The zero-order chi connectivity index (χ0) is 19.2. The number of carbonyl (C=O) groups excluding carboxylic acids is 3. The van der Waals surface area contributed by atoms with E-state index in [1.165, 1.54) is 6.08 Å². The Balaban J connectivity index is 2.00. The molecule has 3 rings (SSSR count).